The molecule has 12 heavy (non-hydrogen) atoms. The van der Waals surface area contributed by atoms with Crippen LogP contribution in [0.4, 0.5) is 0 Å². The van der Waals surface area contributed by atoms with Gasteiger partial charge in [0.05, 0.1) is 6.04 Å². The summed E-state index contributed by atoms with van der Waals surface area (Å²) in [5, 5.41) is 1.97. The molecule has 3 rings (SSSR count). The number of esters is 1. The molecular weight excluding hydrogens is 158 g/mol. The first-order chi connectivity index (χ1) is 5.86. The zero-order valence-electron chi connectivity index (χ0n) is 6.73. The molecule has 0 bridgehead atoms. The van der Waals surface area contributed by atoms with Gasteiger partial charge in [-0.05, 0) is 12.8 Å². The van der Waals surface area contributed by atoms with E-state index in [4.69, 9.17) is 9.57 Å². The van der Waals surface area contributed by atoms with Gasteiger partial charge >= 0.3 is 5.97 Å². The lowest BCUT2D eigenvalue weighted by atomic mass is 9.96. The van der Waals surface area contributed by atoms with Crippen LogP contribution in [0.2, 0.25) is 0 Å². The number of nitrogens with zero attached hydrogens (tertiary/aromatic N) is 1. The van der Waals surface area contributed by atoms with Crippen LogP contribution in [-0.4, -0.2) is 36.3 Å². The Morgan fingerprint density at radius 1 is 1.50 bits per heavy atom. The highest BCUT2D eigenvalue weighted by Gasteiger charge is 2.53. The summed E-state index contributed by atoms with van der Waals surface area (Å²) in [6, 6.07) is 0.310. The molecule has 0 aliphatic carbocycles. The molecule has 0 saturated carbocycles. The number of hydrogen-bond acceptors (Lipinski definition) is 4. The van der Waals surface area contributed by atoms with E-state index in [1.165, 1.54) is 0 Å². The highest BCUT2D eigenvalue weighted by atomic mass is 16.7. The number of fused-ring (bicyclic) bond motifs is 3. The van der Waals surface area contributed by atoms with Gasteiger partial charge in [-0.1, -0.05) is 0 Å². The summed E-state index contributed by atoms with van der Waals surface area (Å²) in [5.74, 6) is -0.0538. The number of hydroxylamine groups is 2. The molecule has 66 valence electrons. The molecule has 0 spiro atoms. The normalized spacial score (nSPS) is 46.0. The number of ether oxygens (including phenoxy) is 1. The maximum absolute atomic E-state index is 11.3. The summed E-state index contributed by atoms with van der Waals surface area (Å²) < 4.78 is 4.94. The molecule has 4 nitrogen and oxygen atoms in total. The Kier molecular flexibility index (Phi) is 1.26. The monoisotopic (exact) mass is 169 g/mol. The molecule has 3 atom stereocenters. The third-order valence-electron chi connectivity index (χ3n) is 3.00. The van der Waals surface area contributed by atoms with E-state index in [1.807, 2.05) is 5.06 Å². The largest absolute Gasteiger partial charge is 0.462 e. The Morgan fingerprint density at radius 3 is 3.33 bits per heavy atom. The maximum Gasteiger partial charge on any atom is 0.313 e. The molecule has 3 heterocycles. The smallest absolute Gasteiger partial charge is 0.313 e. The van der Waals surface area contributed by atoms with E-state index in [1.54, 1.807) is 0 Å². The molecule has 0 radical (unpaired) electrons. The van der Waals surface area contributed by atoms with Crippen molar-refractivity contribution in [1.29, 1.82) is 0 Å². The van der Waals surface area contributed by atoms with Gasteiger partial charge in [0, 0.05) is 6.54 Å². The van der Waals surface area contributed by atoms with Crippen molar-refractivity contribution in [3.05, 3.63) is 0 Å². The second-order valence-electron chi connectivity index (χ2n) is 3.65. The molecule has 3 fully saturated rings. The molecule has 3 aliphatic rings. The third kappa shape index (κ3) is 0.716. The summed E-state index contributed by atoms with van der Waals surface area (Å²) in [5.41, 5.74) is 0. The van der Waals surface area contributed by atoms with E-state index >= 15 is 0 Å². The van der Waals surface area contributed by atoms with Gasteiger partial charge in [-0.15, -0.1) is 0 Å². The average Bonchev–Trinajstić information content (AvgIpc) is 2.61. The van der Waals surface area contributed by atoms with Crippen molar-refractivity contribution >= 4 is 5.97 Å². The summed E-state index contributed by atoms with van der Waals surface area (Å²) in [4.78, 5) is 16.8. The van der Waals surface area contributed by atoms with Crippen LogP contribution >= 0.6 is 0 Å². The zero-order chi connectivity index (χ0) is 8.13. The van der Waals surface area contributed by atoms with E-state index in [0.29, 0.717) is 12.6 Å². The topological polar surface area (TPSA) is 38.8 Å². The van der Waals surface area contributed by atoms with Crippen molar-refractivity contribution in [3.63, 3.8) is 0 Å². The van der Waals surface area contributed by atoms with Crippen LogP contribution in [0.3, 0.4) is 0 Å². The fraction of sp³-hybridized carbons (Fsp3) is 0.875. The Balaban J connectivity index is 1.90. The number of cyclic esters (lactones) is 1. The van der Waals surface area contributed by atoms with E-state index in [9.17, 15) is 4.79 Å². The van der Waals surface area contributed by atoms with Crippen molar-refractivity contribution in [2.45, 2.75) is 25.0 Å². The van der Waals surface area contributed by atoms with Crippen LogP contribution in [-0.2, 0) is 14.4 Å². The van der Waals surface area contributed by atoms with E-state index in [0.717, 1.165) is 19.4 Å². The summed E-state index contributed by atoms with van der Waals surface area (Å²) in [6.45, 7) is 1.43. The lowest BCUT2D eigenvalue weighted by molar-refractivity contribution is -0.162. The minimum atomic E-state index is -0.0607. The second-order valence-corrected chi connectivity index (χ2v) is 3.65. The van der Waals surface area contributed by atoms with E-state index in [-0.39, 0.29) is 18.0 Å². The third-order valence-corrected chi connectivity index (χ3v) is 3.00. The Morgan fingerprint density at radius 2 is 2.42 bits per heavy atom. The van der Waals surface area contributed by atoms with Crippen LogP contribution in [0, 0.1) is 5.92 Å². The fourth-order valence-electron chi connectivity index (χ4n) is 2.45. The van der Waals surface area contributed by atoms with Gasteiger partial charge in [0.2, 0.25) is 0 Å². The summed E-state index contributed by atoms with van der Waals surface area (Å²) in [6.07, 6.45) is 2.24. The van der Waals surface area contributed by atoms with Crippen LogP contribution in [0.25, 0.3) is 0 Å². The molecule has 4 heteroatoms. The molecule has 0 N–H and O–H groups in total. The van der Waals surface area contributed by atoms with Crippen molar-refractivity contribution in [2.24, 2.45) is 5.92 Å². The van der Waals surface area contributed by atoms with Crippen molar-refractivity contribution in [3.8, 4) is 0 Å². The molecule has 0 aromatic heterocycles. The van der Waals surface area contributed by atoms with E-state index in [2.05, 4.69) is 0 Å². The summed E-state index contributed by atoms with van der Waals surface area (Å²) >= 11 is 0. The first-order valence-corrected chi connectivity index (χ1v) is 4.46. The number of carbonyl (C=O) groups excluding carboxylic acids is 1. The number of hydrogen-bond donors (Lipinski definition) is 0. The maximum atomic E-state index is 11.3. The molecule has 0 aromatic rings. The standard InChI is InChI=1S/C8H11NO3/c10-8-7-5-2-1-3-9(5)12-6(7)4-11-8/h5-7H,1-4H2/t5-,6-,7-/m0/s1. The predicted octanol–water partition coefficient (Wildman–Crippen LogP) is -0.0624. The van der Waals surface area contributed by atoms with Gasteiger partial charge in [0.15, 0.2) is 0 Å². The van der Waals surface area contributed by atoms with E-state index < -0.39 is 0 Å². The molecule has 3 saturated heterocycles. The van der Waals surface area contributed by atoms with Crippen LogP contribution in [0.15, 0.2) is 0 Å². The molecule has 3 aliphatic heterocycles. The fourth-order valence-corrected chi connectivity index (χ4v) is 2.45. The first-order valence-electron chi connectivity index (χ1n) is 4.46. The van der Waals surface area contributed by atoms with Crippen LogP contribution < -0.4 is 0 Å². The zero-order valence-corrected chi connectivity index (χ0v) is 6.73. The average molecular weight is 169 g/mol. The Labute approximate surface area is 70.4 Å². The highest BCUT2D eigenvalue weighted by molar-refractivity contribution is 5.76. The van der Waals surface area contributed by atoms with Crippen molar-refractivity contribution in [2.75, 3.05) is 13.2 Å². The van der Waals surface area contributed by atoms with Crippen LogP contribution in [0.1, 0.15) is 12.8 Å². The van der Waals surface area contributed by atoms with Gasteiger partial charge < -0.3 is 4.74 Å². The second kappa shape index (κ2) is 2.20. The quantitative estimate of drug-likeness (QED) is 0.476. The van der Waals surface area contributed by atoms with Gasteiger partial charge in [-0.25, -0.2) is 0 Å². The van der Waals surface area contributed by atoms with Crippen molar-refractivity contribution in [1.82, 2.24) is 5.06 Å². The van der Waals surface area contributed by atoms with Gasteiger partial charge in [0.25, 0.3) is 0 Å². The number of carbonyl (C=O) groups is 1. The molecule has 0 amide bonds. The summed E-state index contributed by atoms with van der Waals surface area (Å²) in [7, 11) is 0. The lowest BCUT2D eigenvalue weighted by Crippen LogP contribution is -2.29. The molecule has 0 unspecified atom stereocenters. The lowest BCUT2D eigenvalue weighted by Gasteiger charge is -2.14. The SMILES string of the molecule is O=C1OC[C@@H]2ON3CCC[C@H]3[C@H]12. The van der Waals surface area contributed by atoms with Crippen molar-refractivity contribution < 1.29 is 14.4 Å². The molecule has 0 aromatic carbocycles. The van der Waals surface area contributed by atoms with Gasteiger partial charge in [0.1, 0.15) is 18.6 Å². The van der Waals surface area contributed by atoms with Gasteiger partial charge in [-0.2, -0.15) is 5.06 Å². The Bertz CT molecular complexity index is 230. The first kappa shape index (κ1) is 6.86. The highest BCUT2D eigenvalue weighted by Crippen LogP contribution is 2.38. The Hall–Kier alpha value is -0.610. The number of rotatable bonds is 0. The predicted molar refractivity (Wildman–Crippen MR) is 39.1 cm³/mol. The molecular formula is C8H11NO3. The minimum absolute atomic E-state index is 0.00694. The van der Waals surface area contributed by atoms with Gasteiger partial charge in [-0.3, -0.25) is 9.63 Å². The minimum Gasteiger partial charge on any atom is -0.462 e. The van der Waals surface area contributed by atoms with Crippen LogP contribution in [0.5, 0.6) is 0 Å².